The fraction of sp³-hybridized carbons (Fsp3) is 0.650. The fourth-order valence-electron chi connectivity index (χ4n) is 4.02. The Hall–Kier alpha value is -1.15. The van der Waals surface area contributed by atoms with E-state index in [0.29, 0.717) is 30.3 Å². The average Bonchev–Trinajstić information content (AvgIpc) is 2.66. The Morgan fingerprint density at radius 3 is 2.29 bits per heavy atom. The normalized spacial score (nSPS) is 20.3. The van der Waals surface area contributed by atoms with Gasteiger partial charge in [-0.1, -0.05) is 24.4 Å². The first kappa shape index (κ1) is 21.6. The van der Waals surface area contributed by atoms with Crippen LogP contribution in [0.15, 0.2) is 23.1 Å². The van der Waals surface area contributed by atoms with Crippen molar-refractivity contribution in [3.63, 3.8) is 0 Å². The van der Waals surface area contributed by atoms with Crippen molar-refractivity contribution < 1.29 is 18.1 Å². The third-order valence-corrected chi connectivity index (χ3v) is 7.86. The van der Waals surface area contributed by atoms with Crippen LogP contribution in [-0.2, 0) is 14.8 Å². The monoisotopic (exact) mass is 428 g/mol. The summed E-state index contributed by atoms with van der Waals surface area (Å²) in [5.41, 5.74) is 0.371. The van der Waals surface area contributed by atoms with Gasteiger partial charge in [0, 0.05) is 13.1 Å². The molecular weight excluding hydrogens is 398 g/mol. The molecule has 0 bridgehead atoms. The minimum atomic E-state index is -3.55. The molecule has 0 spiro atoms. The van der Waals surface area contributed by atoms with E-state index in [4.69, 9.17) is 11.6 Å². The number of hydrogen-bond acceptors (Lipinski definition) is 3. The number of carbonyl (C=O) groups excluding carboxylic acids is 1. The van der Waals surface area contributed by atoms with Gasteiger partial charge in [0.15, 0.2) is 6.54 Å². The van der Waals surface area contributed by atoms with E-state index >= 15 is 0 Å². The summed E-state index contributed by atoms with van der Waals surface area (Å²) in [5.74, 6) is -0.120. The molecule has 2 saturated heterocycles. The Morgan fingerprint density at radius 1 is 1.00 bits per heavy atom. The summed E-state index contributed by atoms with van der Waals surface area (Å²) in [6, 6.07) is 4.56. The van der Waals surface area contributed by atoms with Gasteiger partial charge in [0.05, 0.1) is 28.7 Å². The second-order valence-electron chi connectivity index (χ2n) is 7.85. The number of anilines is 1. The lowest BCUT2D eigenvalue weighted by molar-refractivity contribution is -0.892. The Kier molecular flexibility index (Phi) is 7.74. The molecule has 28 heavy (non-hydrogen) atoms. The quantitative estimate of drug-likeness (QED) is 0.755. The van der Waals surface area contributed by atoms with E-state index < -0.39 is 10.0 Å². The highest BCUT2D eigenvalue weighted by Crippen LogP contribution is 2.28. The van der Waals surface area contributed by atoms with Gasteiger partial charge in [-0.15, -0.1) is 0 Å². The van der Waals surface area contributed by atoms with Crippen molar-refractivity contribution in [2.75, 3.05) is 38.0 Å². The summed E-state index contributed by atoms with van der Waals surface area (Å²) in [4.78, 5) is 14.0. The summed E-state index contributed by atoms with van der Waals surface area (Å²) in [7, 11) is -3.55. The highest BCUT2D eigenvalue weighted by molar-refractivity contribution is 7.89. The van der Waals surface area contributed by atoms with Crippen molar-refractivity contribution in [1.29, 1.82) is 0 Å². The molecule has 156 valence electrons. The number of halogens is 1. The minimum Gasteiger partial charge on any atom is -0.327 e. The number of hydrogen-bond donors (Lipinski definition) is 2. The van der Waals surface area contributed by atoms with Crippen LogP contribution in [-0.4, -0.2) is 51.4 Å². The first-order chi connectivity index (χ1) is 13.5. The molecular formula is C20H31ClN3O3S+. The zero-order valence-electron chi connectivity index (χ0n) is 16.4. The zero-order valence-corrected chi connectivity index (χ0v) is 18.0. The number of benzene rings is 1. The molecule has 0 radical (unpaired) electrons. The van der Waals surface area contributed by atoms with Crippen molar-refractivity contribution in [3.05, 3.63) is 23.2 Å². The zero-order chi connectivity index (χ0) is 20.0. The highest BCUT2D eigenvalue weighted by atomic mass is 35.5. The first-order valence-corrected chi connectivity index (χ1v) is 12.2. The maximum atomic E-state index is 12.9. The number of rotatable bonds is 5. The molecule has 0 atom stereocenters. The largest absolute Gasteiger partial charge is 0.327 e. The number of sulfonamides is 1. The lowest BCUT2D eigenvalue weighted by atomic mass is 10.1. The molecule has 2 aliphatic rings. The van der Waals surface area contributed by atoms with Gasteiger partial charge in [-0.3, -0.25) is 4.79 Å². The van der Waals surface area contributed by atoms with Gasteiger partial charge < -0.3 is 10.2 Å². The van der Waals surface area contributed by atoms with Crippen molar-refractivity contribution >= 4 is 33.2 Å². The van der Waals surface area contributed by atoms with Crippen molar-refractivity contribution in [2.45, 2.75) is 56.3 Å². The van der Waals surface area contributed by atoms with Crippen LogP contribution in [0.1, 0.15) is 51.4 Å². The number of amides is 1. The summed E-state index contributed by atoms with van der Waals surface area (Å²) < 4.78 is 27.3. The van der Waals surface area contributed by atoms with E-state index in [1.807, 2.05) is 0 Å². The van der Waals surface area contributed by atoms with E-state index in [9.17, 15) is 13.2 Å². The van der Waals surface area contributed by atoms with Crippen LogP contribution >= 0.6 is 11.6 Å². The maximum Gasteiger partial charge on any atom is 0.279 e. The van der Waals surface area contributed by atoms with Gasteiger partial charge in [-0.2, -0.15) is 4.31 Å². The molecule has 0 aromatic heterocycles. The Bertz CT molecular complexity index is 771. The summed E-state index contributed by atoms with van der Waals surface area (Å²) >= 11 is 6.24. The second-order valence-corrected chi connectivity index (χ2v) is 10.2. The lowest BCUT2D eigenvalue weighted by Gasteiger charge is -2.26. The molecule has 2 heterocycles. The van der Waals surface area contributed by atoms with Crippen molar-refractivity contribution in [3.8, 4) is 0 Å². The number of quaternary nitrogens is 1. The third-order valence-electron chi connectivity index (χ3n) is 5.64. The Labute approximate surface area is 173 Å². The van der Waals surface area contributed by atoms with E-state index in [1.54, 1.807) is 6.07 Å². The molecule has 1 amide bonds. The molecule has 6 nitrogen and oxygen atoms in total. The molecule has 0 unspecified atom stereocenters. The molecule has 1 aromatic rings. The predicted octanol–water partition coefficient (Wildman–Crippen LogP) is 2.30. The third kappa shape index (κ3) is 5.69. The SMILES string of the molecule is O=C(C[NH+]1CCCCCCC1)Nc1cc(S(=O)(=O)N2CCCCC2)ccc1Cl. The van der Waals surface area contributed by atoms with E-state index in [0.717, 1.165) is 45.2 Å². The van der Waals surface area contributed by atoms with Gasteiger partial charge in [0.25, 0.3) is 5.91 Å². The maximum absolute atomic E-state index is 12.9. The van der Waals surface area contributed by atoms with Crippen molar-refractivity contribution in [2.24, 2.45) is 0 Å². The molecule has 1 aromatic carbocycles. The smallest absolute Gasteiger partial charge is 0.279 e. The Morgan fingerprint density at radius 2 is 1.61 bits per heavy atom. The highest BCUT2D eigenvalue weighted by Gasteiger charge is 2.27. The van der Waals surface area contributed by atoms with E-state index in [1.165, 1.54) is 40.6 Å². The molecule has 8 heteroatoms. The van der Waals surface area contributed by atoms with Gasteiger partial charge >= 0.3 is 0 Å². The van der Waals surface area contributed by atoms with Gasteiger partial charge in [-0.05, 0) is 56.7 Å². The van der Waals surface area contributed by atoms with Crippen LogP contribution in [0.25, 0.3) is 0 Å². The van der Waals surface area contributed by atoms with Crippen LogP contribution in [0.2, 0.25) is 5.02 Å². The lowest BCUT2D eigenvalue weighted by Crippen LogP contribution is -3.13. The minimum absolute atomic E-state index is 0.120. The van der Waals surface area contributed by atoms with E-state index in [2.05, 4.69) is 5.32 Å². The molecule has 0 aliphatic carbocycles. The predicted molar refractivity (Wildman–Crippen MR) is 111 cm³/mol. The molecule has 2 N–H and O–H groups in total. The molecule has 3 rings (SSSR count). The van der Waals surface area contributed by atoms with Crippen molar-refractivity contribution in [1.82, 2.24) is 4.31 Å². The Balaban J connectivity index is 1.68. The first-order valence-electron chi connectivity index (χ1n) is 10.4. The number of likely N-dealkylation sites (tertiary alicyclic amines) is 1. The van der Waals surface area contributed by atoms with Crippen LogP contribution < -0.4 is 10.2 Å². The molecule has 2 fully saturated rings. The standard InChI is InChI=1S/C20H30ClN3O3S/c21-18-10-9-17(28(26,27)24-13-7-4-8-14-24)15-19(18)22-20(25)16-23-11-5-2-1-3-6-12-23/h9-10,15H,1-8,11-14,16H2,(H,22,25)/p+1. The van der Waals surface area contributed by atoms with Gasteiger partial charge in [-0.25, -0.2) is 8.42 Å². The van der Waals surface area contributed by atoms with Crippen LogP contribution in [0.3, 0.4) is 0 Å². The number of nitrogens with one attached hydrogen (secondary N) is 2. The molecule has 0 saturated carbocycles. The van der Waals surface area contributed by atoms with Gasteiger partial charge in [0.2, 0.25) is 10.0 Å². The topological polar surface area (TPSA) is 70.9 Å². The number of carbonyl (C=O) groups is 1. The number of nitrogens with zero attached hydrogens (tertiary/aromatic N) is 1. The summed E-state index contributed by atoms with van der Waals surface area (Å²) in [6.07, 6.45) is 8.87. The number of piperidine rings is 1. The fourth-order valence-corrected chi connectivity index (χ4v) is 5.73. The van der Waals surface area contributed by atoms with E-state index in [-0.39, 0.29) is 10.8 Å². The van der Waals surface area contributed by atoms with Gasteiger partial charge in [0.1, 0.15) is 0 Å². The summed E-state index contributed by atoms with van der Waals surface area (Å²) in [6.45, 7) is 3.49. The summed E-state index contributed by atoms with van der Waals surface area (Å²) in [5, 5.41) is 3.19. The molecule has 2 aliphatic heterocycles. The van der Waals surface area contributed by atoms with Crippen LogP contribution in [0.5, 0.6) is 0 Å². The van der Waals surface area contributed by atoms with Crippen LogP contribution in [0, 0.1) is 0 Å². The second kappa shape index (κ2) is 10.1. The average molecular weight is 429 g/mol. The van der Waals surface area contributed by atoms with Crippen LogP contribution in [0.4, 0.5) is 5.69 Å².